The van der Waals surface area contributed by atoms with Crippen LogP contribution >= 0.6 is 11.6 Å². The summed E-state index contributed by atoms with van der Waals surface area (Å²) >= 11 is 5.88. The number of rotatable bonds is 3. The normalized spacial score (nSPS) is 14.4. The molecule has 0 atom stereocenters. The van der Waals surface area contributed by atoms with E-state index in [1.54, 1.807) is 0 Å². The van der Waals surface area contributed by atoms with Crippen LogP contribution < -0.4 is 5.32 Å². The van der Waals surface area contributed by atoms with Crippen molar-refractivity contribution in [3.05, 3.63) is 46.6 Å². The summed E-state index contributed by atoms with van der Waals surface area (Å²) in [6, 6.07) is 3.14. The number of hydrogen-bond donors (Lipinski definition) is 1. The summed E-state index contributed by atoms with van der Waals surface area (Å²) in [5.74, 6) is -2.84. The van der Waals surface area contributed by atoms with Gasteiger partial charge in [0.1, 0.15) is 16.8 Å². The third kappa shape index (κ3) is 2.70. The molecule has 0 bridgehead atoms. The van der Waals surface area contributed by atoms with Crippen LogP contribution in [0.1, 0.15) is 24.6 Å². The van der Waals surface area contributed by atoms with E-state index < -0.39 is 17.5 Å². The maximum Gasteiger partial charge on any atom is 0.194 e. The smallest absolute Gasteiger partial charge is 0.194 e. The Morgan fingerprint density at radius 3 is 2.30 bits per heavy atom. The van der Waals surface area contributed by atoms with E-state index in [1.165, 1.54) is 6.07 Å². The summed E-state index contributed by atoms with van der Waals surface area (Å²) in [4.78, 5) is 8.32. The maximum absolute atomic E-state index is 13.1. The average molecular weight is 300 g/mol. The molecule has 1 N–H and O–H groups in total. The molecule has 1 aromatic carbocycles. The third-order valence-electron chi connectivity index (χ3n) is 2.91. The molecule has 1 saturated carbocycles. The number of anilines is 2. The molecule has 7 heteroatoms. The molecule has 1 aliphatic carbocycles. The van der Waals surface area contributed by atoms with Crippen molar-refractivity contribution in [1.82, 2.24) is 9.97 Å². The highest BCUT2D eigenvalue weighted by atomic mass is 35.5. The van der Waals surface area contributed by atoms with Crippen LogP contribution in [-0.2, 0) is 0 Å². The van der Waals surface area contributed by atoms with Crippen LogP contribution in [0.5, 0.6) is 0 Å². The Kier molecular flexibility index (Phi) is 3.25. The van der Waals surface area contributed by atoms with E-state index in [-0.39, 0.29) is 16.8 Å². The molecule has 2 aromatic rings. The molecule has 0 aliphatic heterocycles. The molecule has 0 spiro atoms. The monoisotopic (exact) mass is 299 g/mol. The van der Waals surface area contributed by atoms with E-state index in [1.807, 2.05) is 0 Å². The van der Waals surface area contributed by atoms with E-state index in [4.69, 9.17) is 11.6 Å². The summed E-state index contributed by atoms with van der Waals surface area (Å²) in [6.07, 6.45) is 2.00. The number of halogens is 4. The fourth-order valence-electron chi connectivity index (χ4n) is 1.80. The first-order chi connectivity index (χ1) is 9.52. The average Bonchev–Trinajstić information content (AvgIpc) is 3.19. The third-order valence-corrected chi connectivity index (χ3v) is 3.10. The molecule has 1 heterocycles. The lowest BCUT2D eigenvalue weighted by molar-refractivity contribution is 0.448. The van der Waals surface area contributed by atoms with Crippen molar-refractivity contribution in [3.8, 4) is 0 Å². The lowest BCUT2D eigenvalue weighted by atomic mass is 10.3. The van der Waals surface area contributed by atoms with Crippen LogP contribution in [0.15, 0.2) is 18.2 Å². The van der Waals surface area contributed by atoms with Crippen LogP contribution in [0, 0.1) is 17.5 Å². The Balaban J connectivity index is 1.91. The molecule has 104 valence electrons. The van der Waals surface area contributed by atoms with Crippen molar-refractivity contribution in [2.75, 3.05) is 5.32 Å². The Labute approximate surface area is 117 Å². The van der Waals surface area contributed by atoms with Gasteiger partial charge in [0.2, 0.25) is 0 Å². The van der Waals surface area contributed by atoms with E-state index >= 15 is 0 Å². The van der Waals surface area contributed by atoms with Crippen molar-refractivity contribution in [2.24, 2.45) is 0 Å². The maximum atomic E-state index is 13.1. The van der Waals surface area contributed by atoms with Crippen molar-refractivity contribution in [2.45, 2.75) is 18.8 Å². The van der Waals surface area contributed by atoms with Gasteiger partial charge in [0, 0.05) is 29.8 Å². The van der Waals surface area contributed by atoms with Gasteiger partial charge in [0.15, 0.2) is 17.5 Å². The fraction of sp³-hybridized carbons (Fsp3) is 0.231. The molecule has 3 nitrogen and oxygen atoms in total. The quantitative estimate of drug-likeness (QED) is 0.683. The van der Waals surface area contributed by atoms with Crippen molar-refractivity contribution >= 4 is 23.1 Å². The van der Waals surface area contributed by atoms with Crippen molar-refractivity contribution < 1.29 is 13.2 Å². The molecule has 20 heavy (non-hydrogen) atoms. The number of hydrogen-bond acceptors (Lipinski definition) is 3. The number of benzene rings is 1. The Morgan fingerprint density at radius 2 is 1.70 bits per heavy atom. The van der Waals surface area contributed by atoms with Gasteiger partial charge in [-0.15, -0.1) is 0 Å². The minimum atomic E-state index is -1.50. The van der Waals surface area contributed by atoms with Gasteiger partial charge >= 0.3 is 0 Å². The second kappa shape index (κ2) is 4.94. The largest absolute Gasteiger partial charge is 0.340 e. The molecule has 0 amide bonds. The Hall–Kier alpha value is -1.82. The zero-order valence-corrected chi connectivity index (χ0v) is 10.9. The molecule has 1 aromatic heterocycles. The predicted molar refractivity (Wildman–Crippen MR) is 68.6 cm³/mol. The topological polar surface area (TPSA) is 37.8 Å². The highest BCUT2D eigenvalue weighted by molar-refractivity contribution is 6.29. The summed E-state index contributed by atoms with van der Waals surface area (Å²) in [5, 5.41) is 2.94. The Morgan fingerprint density at radius 1 is 1.05 bits per heavy atom. The predicted octanol–water partition coefficient (Wildman–Crippen LogP) is 4.17. The zero-order valence-electron chi connectivity index (χ0n) is 10.1. The van der Waals surface area contributed by atoms with Gasteiger partial charge in [-0.05, 0) is 12.8 Å². The summed E-state index contributed by atoms with van der Waals surface area (Å²) in [6.45, 7) is 0. The lowest BCUT2D eigenvalue weighted by Crippen LogP contribution is -2.01. The Bertz CT molecular complexity index is 651. The van der Waals surface area contributed by atoms with Crippen LogP contribution in [0.4, 0.5) is 24.7 Å². The molecule has 0 unspecified atom stereocenters. The number of nitrogens with one attached hydrogen (secondary N) is 1. The van der Waals surface area contributed by atoms with Crippen LogP contribution in [0.25, 0.3) is 0 Å². The van der Waals surface area contributed by atoms with Crippen LogP contribution in [0.2, 0.25) is 5.15 Å². The van der Waals surface area contributed by atoms with Gasteiger partial charge in [0.05, 0.1) is 0 Å². The number of aromatic nitrogens is 2. The minimum absolute atomic E-state index is 0.0536. The molecular formula is C13H9ClF3N3. The lowest BCUT2D eigenvalue weighted by Gasteiger charge is -2.08. The number of nitrogens with zero attached hydrogens (tertiary/aromatic N) is 2. The summed E-state index contributed by atoms with van der Waals surface area (Å²) in [5.41, 5.74) is 0.0536. The molecule has 1 aliphatic rings. The second-order valence-corrected chi connectivity index (χ2v) is 4.97. The van der Waals surface area contributed by atoms with E-state index in [9.17, 15) is 13.2 Å². The fourth-order valence-corrected chi connectivity index (χ4v) is 1.99. The van der Waals surface area contributed by atoms with Gasteiger partial charge in [-0.25, -0.2) is 23.1 Å². The molecule has 1 fully saturated rings. The summed E-state index contributed by atoms with van der Waals surface area (Å²) in [7, 11) is 0. The highest BCUT2D eigenvalue weighted by Gasteiger charge is 2.27. The SMILES string of the molecule is Fc1cc(Nc2cc(Cl)nc(C3CC3)n2)cc(F)c1F. The standard InChI is InChI=1S/C13H9ClF3N3/c14-10-5-11(20-13(19-10)6-1-2-6)18-7-3-8(15)12(17)9(16)4-7/h3-6H,1-2H2,(H,18,19,20). The molecule has 0 saturated heterocycles. The molecule has 3 rings (SSSR count). The van der Waals surface area contributed by atoms with Gasteiger partial charge < -0.3 is 5.32 Å². The van der Waals surface area contributed by atoms with Gasteiger partial charge in [-0.3, -0.25) is 0 Å². The van der Waals surface area contributed by atoms with Crippen molar-refractivity contribution in [3.63, 3.8) is 0 Å². The van der Waals surface area contributed by atoms with E-state index in [2.05, 4.69) is 15.3 Å². The van der Waals surface area contributed by atoms with E-state index in [0.29, 0.717) is 11.6 Å². The molecular weight excluding hydrogens is 291 g/mol. The van der Waals surface area contributed by atoms with Crippen LogP contribution in [-0.4, -0.2) is 9.97 Å². The van der Waals surface area contributed by atoms with Crippen molar-refractivity contribution in [1.29, 1.82) is 0 Å². The molecule has 0 radical (unpaired) electrons. The zero-order chi connectivity index (χ0) is 14.3. The first-order valence-electron chi connectivity index (χ1n) is 5.99. The first kappa shape index (κ1) is 13.2. The first-order valence-corrected chi connectivity index (χ1v) is 6.37. The minimum Gasteiger partial charge on any atom is -0.340 e. The van der Waals surface area contributed by atoms with Gasteiger partial charge in [0.25, 0.3) is 0 Å². The van der Waals surface area contributed by atoms with Gasteiger partial charge in [-0.1, -0.05) is 11.6 Å². The second-order valence-electron chi connectivity index (χ2n) is 4.59. The summed E-state index contributed by atoms with van der Waals surface area (Å²) < 4.78 is 39.1. The van der Waals surface area contributed by atoms with E-state index in [0.717, 1.165) is 25.0 Å². The highest BCUT2D eigenvalue weighted by Crippen LogP contribution is 2.39. The van der Waals surface area contributed by atoms with Gasteiger partial charge in [-0.2, -0.15) is 0 Å². The van der Waals surface area contributed by atoms with Crippen LogP contribution in [0.3, 0.4) is 0 Å².